The number of aromatic nitrogens is 1. The summed E-state index contributed by atoms with van der Waals surface area (Å²) in [5, 5.41) is 15.6. The Kier molecular flexibility index (Phi) is 7.32. The molecule has 2 aromatic rings. The monoisotopic (exact) mass is 397 g/mol. The van der Waals surface area contributed by atoms with Crippen LogP contribution in [0.3, 0.4) is 0 Å². The van der Waals surface area contributed by atoms with Crippen LogP contribution < -0.4 is 10.6 Å². The van der Waals surface area contributed by atoms with Gasteiger partial charge in [-0.3, -0.25) is 14.6 Å². The lowest BCUT2D eigenvalue weighted by Crippen LogP contribution is -2.51. The Morgan fingerprint density at radius 1 is 1.21 bits per heavy atom. The van der Waals surface area contributed by atoms with Crippen LogP contribution in [0.5, 0.6) is 0 Å². The van der Waals surface area contributed by atoms with E-state index >= 15 is 0 Å². The average molecular weight is 397 g/mol. The fraction of sp³-hybridized carbons (Fsp3) is 0.409. The van der Waals surface area contributed by atoms with Gasteiger partial charge in [0.1, 0.15) is 6.10 Å². The van der Waals surface area contributed by atoms with E-state index in [0.717, 1.165) is 5.56 Å². The van der Waals surface area contributed by atoms with Crippen LogP contribution in [0, 0.1) is 0 Å². The summed E-state index contributed by atoms with van der Waals surface area (Å²) in [5.41, 5.74) is 1.50. The van der Waals surface area contributed by atoms with Gasteiger partial charge in [0.15, 0.2) is 0 Å². The van der Waals surface area contributed by atoms with Crippen molar-refractivity contribution in [3.05, 3.63) is 66.0 Å². The standard InChI is InChI=1S/C22H27N3O4/c1-15(16-6-3-2-4-7-16)24-21(27)12-18-9-10-19(20(14-26)29-18)25-22(28)17-8-5-11-23-13-17/h2-8,11,13,15,18-20,26H,9-10,12,14H2,1H3,(H,24,27)(H,25,28)/t15-,18-,19-,20+/m1/s1. The molecule has 154 valence electrons. The second kappa shape index (κ2) is 10.1. The molecule has 3 rings (SSSR count). The lowest BCUT2D eigenvalue weighted by molar-refractivity contribution is -0.131. The first-order chi connectivity index (χ1) is 14.1. The molecule has 0 aliphatic carbocycles. The van der Waals surface area contributed by atoms with Gasteiger partial charge in [0.2, 0.25) is 5.91 Å². The number of benzene rings is 1. The Labute approximate surface area is 170 Å². The van der Waals surface area contributed by atoms with Crippen molar-refractivity contribution in [3.8, 4) is 0 Å². The van der Waals surface area contributed by atoms with Gasteiger partial charge in [0.25, 0.3) is 5.91 Å². The molecule has 0 saturated carbocycles. The quantitative estimate of drug-likeness (QED) is 0.663. The number of aliphatic hydroxyl groups is 1. The van der Waals surface area contributed by atoms with Crippen molar-refractivity contribution in [3.63, 3.8) is 0 Å². The van der Waals surface area contributed by atoms with Crippen LogP contribution in [0.25, 0.3) is 0 Å². The summed E-state index contributed by atoms with van der Waals surface area (Å²) in [7, 11) is 0. The van der Waals surface area contributed by atoms with Gasteiger partial charge in [0, 0.05) is 12.4 Å². The first-order valence-corrected chi connectivity index (χ1v) is 9.88. The van der Waals surface area contributed by atoms with E-state index in [1.54, 1.807) is 18.3 Å². The topological polar surface area (TPSA) is 101 Å². The number of carbonyl (C=O) groups is 2. The van der Waals surface area contributed by atoms with E-state index in [9.17, 15) is 14.7 Å². The highest BCUT2D eigenvalue weighted by Gasteiger charge is 2.33. The predicted octanol–water partition coefficient (Wildman–Crippen LogP) is 1.99. The number of hydrogen-bond donors (Lipinski definition) is 3. The molecular formula is C22H27N3O4. The van der Waals surface area contributed by atoms with E-state index in [4.69, 9.17) is 4.74 Å². The number of ether oxygens (including phenoxy) is 1. The maximum Gasteiger partial charge on any atom is 0.253 e. The maximum atomic E-state index is 12.4. The second-order valence-electron chi connectivity index (χ2n) is 7.28. The summed E-state index contributed by atoms with van der Waals surface area (Å²) in [6.45, 7) is 1.71. The van der Waals surface area contributed by atoms with E-state index in [1.165, 1.54) is 6.20 Å². The molecule has 2 amide bonds. The van der Waals surface area contributed by atoms with E-state index < -0.39 is 6.10 Å². The number of amides is 2. The fourth-order valence-corrected chi connectivity index (χ4v) is 3.53. The smallest absolute Gasteiger partial charge is 0.253 e. The van der Waals surface area contributed by atoms with Crippen molar-refractivity contribution in [2.45, 2.75) is 50.5 Å². The molecule has 1 aliphatic rings. The zero-order valence-corrected chi connectivity index (χ0v) is 16.5. The van der Waals surface area contributed by atoms with Gasteiger partial charge in [-0.2, -0.15) is 0 Å². The number of rotatable bonds is 7. The molecule has 1 aromatic heterocycles. The van der Waals surface area contributed by atoms with E-state index in [2.05, 4.69) is 15.6 Å². The molecule has 1 saturated heterocycles. The van der Waals surface area contributed by atoms with Gasteiger partial charge in [-0.1, -0.05) is 30.3 Å². The molecule has 7 nitrogen and oxygen atoms in total. The molecule has 2 heterocycles. The van der Waals surface area contributed by atoms with Crippen molar-refractivity contribution in [2.75, 3.05) is 6.61 Å². The molecule has 4 atom stereocenters. The van der Waals surface area contributed by atoms with Crippen LogP contribution in [0.4, 0.5) is 0 Å². The Hall–Kier alpha value is -2.77. The fourth-order valence-electron chi connectivity index (χ4n) is 3.53. The van der Waals surface area contributed by atoms with Crippen molar-refractivity contribution < 1.29 is 19.4 Å². The molecule has 29 heavy (non-hydrogen) atoms. The minimum Gasteiger partial charge on any atom is -0.394 e. The number of carbonyl (C=O) groups excluding carboxylic acids is 2. The van der Waals surface area contributed by atoms with Crippen molar-refractivity contribution in [2.24, 2.45) is 0 Å². The van der Waals surface area contributed by atoms with Crippen LogP contribution in [0.2, 0.25) is 0 Å². The lowest BCUT2D eigenvalue weighted by Gasteiger charge is -2.36. The van der Waals surface area contributed by atoms with Crippen molar-refractivity contribution >= 4 is 11.8 Å². The van der Waals surface area contributed by atoms with Gasteiger partial charge in [0.05, 0.1) is 36.8 Å². The van der Waals surface area contributed by atoms with Crippen LogP contribution in [-0.2, 0) is 9.53 Å². The third kappa shape index (κ3) is 5.85. The highest BCUT2D eigenvalue weighted by Crippen LogP contribution is 2.23. The molecule has 0 spiro atoms. The number of nitrogens with one attached hydrogen (secondary N) is 2. The first kappa shape index (κ1) is 21.0. The van der Waals surface area contributed by atoms with Crippen LogP contribution >= 0.6 is 0 Å². The zero-order chi connectivity index (χ0) is 20.6. The minimum absolute atomic E-state index is 0.0903. The Bertz CT molecular complexity index is 800. The molecular weight excluding hydrogens is 370 g/mol. The summed E-state index contributed by atoms with van der Waals surface area (Å²) in [4.78, 5) is 28.7. The van der Waals surface area contributed by atoms with E-state index in [1.807, 2.05) is 37.3 Å². The zero-order valence-electron chi connectivity index (χ0n) is 16.5. The first-order valence-electron chi connectivity index (χ1n) is 9.88. The van der Waals surface area contributed by atoms with Crippen molar-refractivity contribution in [1.29, 1.82) is 0 Å². The summed E-state index contributed by atoms with van der Waals surface area (Å²) < 4.78 is 5.90. The second-order valence-corrected chi connectivity index (χ2v) is 7.28. The third-order valence-electron chi connectivity index (χ3n) is 5.13. The summed E-state index contributed by atoms with van der Waals surface area (Å²) in [6.07, 6.45) is 3.73. The molecule has 0 bridgehead atoms. The average Bonchev–Trinajstić information content (AvgIpc) is 2.75. The van der Waals surface area contributed by atoms with Crippen molar-refractivity contribution in [1.82, 2.24) is 15.6 Å². The summed E-state index contributed by atoms with van der Waals surface area (Å²) in [5.74, 6) is -0.348. The highest BCUT2D eigenvalue weighted by atomic mass is 16.5. The molecule has 1 fully saturated rings. The third-order valence-corrected chi connectivity index (χ3v) is 5.13. The highest BCUT2D eigenvalue weighted by molar-refractivity contribution is 5.94. The molecule has 7 heteroatoms. The van der Waals surface area contributed by atoms with E-state index in [0.29, 0.717) is 18.4 Å². The van der Waals surface area contributed by atoms with Gasteiger partial charge in [-0.15, -0.1) is 0 Å². The number of hydrogen-bond acceptors (Lipinski definition) is 5. The predicted molar refractivity (Wildman–Crippen MR) is 108 cm³/mol. The van der Waals surface area contributed by atoms with Gasteiger partial charge in [-0.05, 0) is 37.5 Å². The Morgan fingerprint density at radius 2 is 2.00 bits per heavy atom. The molecule has 3 N–H and O–H groups in total. The van der Waals surface area contributed by atoms with Gasteiger partial charge in [-0.25, -0.2) is 0 Å². The number of aliphatic hydroxyl groups excluding tert-OH is 1. The molecule has 1 aliphatic heterocycles. The van der Waals surface area contributed by atoms with Gasteiger partial charge < -0.3 is 20.5 Å². The molecule has 1 aromatic carbocycles. The normalized spacial score (nSPS) is 22.5. The van der Waals surface area contributed by atoms with Gasteiger partial charge >= 0.3 is 0 Å². The maximum absolute atomic E-state index is 12.4. The summed E-state index contributed by atoms with van der Waals surface area (Å²) in [6, 6.07) is 12.7. The SMILES string of the molecule is C[C@@H](NC(=O)C[C@H]1CC[C@@H](NC(=O)c2cccnc2)[C@H](CO)O1)c1ccccc1. The number of nitrogens with zero attached hydrogens (tertiary/aromatic N) is 1. The van der Waals surface area contributed by atoms with Crippen LogP contribution in [-0.4, -0.2) is 46.8 Å². The number of pyridine rings is 1. The Morgan fingerprint density at radius 3 is 2.69 bits per heavy atom. The Balaban J connectivity index is 1.50. The largest absolute Gasteiger partial charge is 0.394 e. The molecule has 0 radical (unpaired) electrons. The van der Waals surface area contributed by atoms with Crippen LogP contribution in [0.1, 0.15) is 48.1 Å². The minimum atomic E-state index is -0.547. The molecule has 0 unspecified atom stereocenters. The lowest BCUT2D eigenvalue weighted by atomic mass is 9.96. The van der Waals surface area contributed by atoms with E-state index in [-0.39, 0.29) is 43.0 Å². The van der Waals surface area contributed by atoms with Crippen LogP contribution in [0.15, 0.2) is 54.9 Å². The summed E-state index contributed by atoms with van der Waals surface area (Å²) >= 11 is 0.